The zero-order chi connectivity index (χ0) is 13.8. The summed E-state index contributed by atoms with van der Waals surface area (Å²) < 4.78 is 10.5. The maximum atomic E-state index is 11.5. The second-order valence-electron chi connectivity index (χ2n) is 5.53. The molecule has 0 aromatic heterocycles. The van der Waals surface area contributed by atoms with Crippen LogP contribution in [0.5, 0.6) is 0 Å². The Labute approximate surface area is 124 Å². The van der Waals surface area contributed by atoms with Crippen LogP contribution >= 0.6 is 11.8 Å². The van der Waals surface area contributed by atoms with E-state index in [0.717, 1.165) is 19.3 Å². The summed E-state index contributed by atoms with van der Waals surface area (Å²) in [5.41, 5.74) is 0. The lowest BCUT2D eigenvalue weighted by molar-refractivity contribution is -0.0416. The summed E-state index contributed by atoms with van der Waals surface area (Å²) in [7, 11) is 0. The molecule has 1 aliphatic heterocycles. The highest BCUT2D eigenvalue weighted by atomic mass is 32.2. The Morgan fingerprint density at radius 2 is 1.85 bits per heavy atom. The van der Waals surface area contributed by atoms with E-state index in [4.69, 9.17) is 9.47 Å². The lowest BCUT2D eigenvalue weighted by Crippen LogP contribution is -2.46. The van der Waals surface area contributed by atoms with Crippen molar-refractivity contribution in [1.29, 1.82) is 0 Å². The number of benzene rings is 1. The lowest BCUT2D eigenvalue weighted by Gasteiger charge is -2.43. The van der Waals surface area contributed by atoms with Gasteiger partial charge >= 0.3 is 6.16 Å². The van der Waals surface area contributed by atoms with Crippen molar-refractivity contribution in [1.82, 2.24) is 0 Å². The molecular formula is C16H20O3S. The van der Waals surface area contributed by atoms with Crippen LogP contribution in [0.4, 0.5) is 4.79 Å². The molecule has 1 heterocycles. The number of cyclic esters (lactones) is 2. The highest BCUT2D eigenvalue weighted by Crippen LogP contribution is 2.48. The molecule has 1 unspecified atom stereocenters. The van der Waals surface area contributed by atoms with Gasteiger partial charge in [0.2, 0.25) is 0 Å². The van der Waals surface area contributed by atoms with Crippen molar-refractivity contribution >= 4 is 17.9 Å². The molecule has 2 aliphatic rings. The largest absolute Gasteiger partial charge is 0.508 e. The summed E-state index contributed by atoms with van der Waals surface area (Å²) in [5, 5.41) is 0. The topological polar surface area (TPSA) is 35.5 Å². The molecule has 0 amide bonds. The van der Waals surface area contributed by atoms with E-state index >= 15 is 0 Å². The minimum absolute atomic E-state index is 0.0192. The summed E-state index contributed by atoms with van der Waals surface area (Å²) in [4.78, 5) is 12.7. The second kappa shape index (κ2) is 6.08. The molecule has 1 aliphatic carbocycles. The van der Waals surface area contributed by atoms with Crippen LogP contribution in [0, 0.1) is 0 Å². The quantitative estimate of drug-likeness (QED) is 0.773. The van der Waals surface area contributed by atoms with Gasteiger partial charge in [0.05, 0.1) is 11.4 Å². The molecule has 0 bridgehead atoms. The van der Waals surface area contributed by atoms with E-state index in [1.807, 2.05) is 17.8 Å². The molecule has 1 saturated carbocycles. The van der Waals surface area contributed by atoms with Crippen molar-refractivity contribution in [2.75, 3.05) is 6.61 Å². The van der Waals surface area contributed by atoms with Crippen LogP contribution in [0.1, 0.15) is 38.5 Å². The van der Waals surface area contributed by atoms with Crippen molar-refractivity contribution in [3.63, 3.8) is 0 Å². The van der Waals surface area contributed by atoms with E-state index in [-0.39, 0.29) is 10.9 Å². The average molecular weight is 292 g/mol. The highest BCUT2D eigenvalue weighted by molar-refractivity contribution is 8.00. The normalized spacial score (nSPS) is 25.6. The van der Waals surface area contributed by atoms with Gasteiger partial charge in [-0.1, -0.05) is 37.5 Å². The van der Waals surface area contributed by atoms with E-state index in [1.54, 1.807) is 0 Å². The van der Waals surface area contributed by atoms with Crippen LogP contribution in [0.25, 0.3) is 0 Å². The molecule has 0 radical (unpaired) electrons. The maximum absolute atomic E-state index is 11.5. The minimum Gasteiger partial charge on any atom is -0.434 e. The third-order valence-electron chi connectivity index (χ3n) is 4.19. The third kappa shape index (κ3) is 2.95. The molecule has 108 valence electrons. The molecule has 1 aromatic rings. The van der Waals surface area contributed by atoms with Crippen LogP contribution in [0.2, 0.25) is 0 Å². The number of hydrogen-bond donors (Lipinski definition) is 0. The van der Waals surface area contributed by atoms with Crippen molar-refractivity contribution in [3.8, 4) is 0 Å². The average Bonchev–Trinajstić information content (AvgIpc) is 2.49. The fraction of sp³-hybridized carbons (Fsp3) is 0.562. The van der Waals surface area contributed by atoms with Crippen molar-refractivity contribution < 1.29 is 14.3 Å². The summed E-state index contributed by atoms with van der Waals surface area (Å²) >= 11 is 1.89. The predicted octanol–water partition coefficient (Wildman–Crippen LogP) is 4.41. The molecule has 2 fully saturated rings. The monoisotopic (exact) mass is 292 g/mol. The zero-order valence-corrected chi connectivity index (χ0v) is 12.4. The smallest absolute Gasteiger partial charge is 0.434 e. The van der Waals surface area contributed by atoms with Gasteiger partial charge in [-0.05, 0) is 25.0 Å². The van der Waals surface area contributed by atoms with Gasteiger partial charge in [-0.25, -0.2) is 4.79 Å². The van der Waals surface area contributed by atoms with Crippen LogP contribution in [0.15, 0.2) is 35.2 Å². The molecule has 20 heavy (non-hydrogen) atoms. The van der Waals surface area contributed by atoms with Crippen LogP contribution in [-0.4, -0.2) is 23.6 Å². The van der Waals surface area contributed by atoms with Crippen molar-refractivity contribution in [2.45, 2.75) is 54.3 Å². The summed E-state index contributed by atoms with van der Waals surface area (Å²) in [6, 6.07) is 10.4. The fourth-order valence-electron chi connectivity index (χ4n) is 3.19. The molecule has 3 nitrogen and oxygen atoms in total. The van der Waals surface area contributed by atoms with Gasteiger partial charge in [-0.3, -0.25) is 0 Å². The Hall–Kier alpha value is -1.16. The van der Waals surface area contributed by atoms with Crippen LogP contribution < -0.4 is 0 Å². The van der Waals surface area contributed by atoms with E-state index in [2.05, 4.69) is 24.3 Å². The van der Waals surface area contributed by atoms with E-state index in [0.29, 0.717) is 6.61 Å². The number of ether oxygens (including phenoxy) is 2. The van der Waals surface area contributed by atoms with E-state index in [1.165, 1.54) is 24.2 Å². The van der Waals surface area contributed by atoms with Gasteiger partial charge in [0.15, 0.2) is 0 Å². The molecule has 0 spiro atoms. The van der Waals surface area contributed by atoms with Gasteiger partial charge in [0.1, 0.15) is 6.10 Å². The van der Waals surface area contributed by atoms with E-state index in [9.17, 15) is 4.79 Å². The summed E-state index contributed by atoms with van der Waals surface area (Å²) in [5.74, 6) is 0. The van der Waals surface area contributed by atoms with Crippen LogP contribution in [0.3, 0.4) is 0 Å². The summed E-state index contributed by atoms with van der Waals surface area (Å²) in [6.07, 6.45) is 6.24. The first-order valence-electron chi connectivity index (χ1n) is 7.36. The van der Waals surface area contributed by atoms with Gasteiger partial charge in [0, 0.05) is 11.3 Å². The highest BCUT2D eigenvalue weighted by Gasteiger charge is 2.44. The summed E-state index contributed by atoms with van der Waals surface area (Å²) in [6.45, 7) is 0.487. The fourth-order valence-corrected chi connectivity index (χ4v) is 4.74. The Morgan fingerprint density at radius 1 is 1.10 bits per heavy atom. The first-order chi connectivity index (χ1) is 9.78. The predicted molar refractivity (Wildman–Crippen MR) is 79.0 cm³/mol. The molecular weight excluding hydrogens is 272 g/mol. The second-order valence-corrected chi connectivity index (χ2v) is 7.02. The van der Waals surface area contributed by atoms with Gasteiger partial charge in [-0.15, -0.1) is 11.8 Å². The standard InChI is InChI=1S/C16H20O3S/c17-15-18-12-9-14(19-15)16(10-5-2-6-11-16)20-13-7-3-1-4-8-13/h1,3-4,7-8,14H,2,5-6,9-12H2. The van der Waals surface area contributed by atoms with Crippen molar-refractivity contribution in [2.24, 2.45) is 0 Å². The number of carbonyl (C=O) groups excluding carboxylic acids is 1. The number of thioether (sulfide) groups is 1. The zero-order valence-electron chi connectivity index (χ0n) is 11.5. The molecule has 1 atom stereocenters. The minimum atomic E-state index is -0.500. The van der Waals surface area contributed by atoms with Crippen molar-refractivity contribution in [3.05, 3.63) is 30.3 Å². The Morgan fingerprint density at radius 3 is 2.55 bits per heavy atom. The van der Waals surface area contributed by atoms with Gasteiger partial charge in [0.25, 0.3) is 0 Å². The maximum Gasteiger partial charge on any atom is 0.508 e. The first-order valence-corrected chi connectivity index (χ1v) is 8.18. The Balaban J connectivity index is 1.82. The SMILES string of the molecule is O=C1OCCC(C2(Sc3ccccc3)CCCCC2)O1. The molecule has 1 aromatic carbocycles. The van der Waals surface area contributed by atoms with Crippen LogP contribution in [-0.2, 0) is 9.47 Å². The lowest BCUT2D eigenvalue weighted by atomic mass is 9.83. The van der Waals surface area contributed by atoms with Gasteiger partial charge in [-0.2, -0.15) is 0 Å². The number of hydrogen-bond acceptors (Lipinski definition) is 4. The first kappa shape index (κ1) is 13.8. The number of rotatable bonds is 3. The van der Waals surface area contributed by atoms with E-state index < -0.39 is 6.16 Å². The Bertz CT molecular complexity index is 454. The molecule has 0 N–H and O–H groups in total. The third-order valence-corrected chi connectivity index (χ3v) is 5.77. The Kier molecular flexibility index (Phi) is 4.20. The number of carbonyl (C=O) groups is 1. The van der Waals surface area contributed by atoms with Gasteiger partial charge < -0.3 is 9.47 Å². The molecule has 3 rings (SSSR count). The molecule has 1 saturated heterocycles. The molecule has 4 heteroatoms.